The zero-order valence-electron chi connectivity index (χ0n) is 18.4. The van der Waals surface area contributed by atoms with Crippen LogP contribution in [0.15, 0.2) is 18.2 Å². The molecule has 1 atom stereocenters. The van der Waals surface area contributed by atoms with Crippen molar-refractivity contribution in [2.45, 2.75) is 73.4 Å². The third-order valence-corrected chi connectivity index (χ3v) is 5.78. The number of halogens is 18. The summed E-state index contributed by atoms with van der Waals surface area (Å²) in [4.78, 5) is 11.8. The molecule has 0 saturated heterocycles. The Morgan fingerprint density at radius 3 is 1.54 bits per heavy atom. The van der Waals surface area contributed by atoms with Gasteiger partial charge in [0.15, 0.2) is 0 Å². The van der Waals surface area contributed by atoms with Crippen molar-refractivity contribution in [2.75, 3.05) is 4.90 Å². The van der Waals surface area contributed by atoms with Crippen LogP contribution in [0.1, 0.15) is 18.9 Å². The van der Waals surface area contributed by atoms with Crippen LogP contribution in [-0.4, -0.2) is 59.6 Å². The maximum Gasteiger partial charge on any atom is 0.460 e. The van der Waals surface area contributed by atoms with Crippen molar-refractivity contribution >= 4 is 11.6 Å². The number of alkyl halides is 17. The molecule has 2 rings (SSSR count). The molecule has 1 aromatic carbocycles. The number of fused-ring (bicyclic) bond motifs is 1. The number of nitrogens with zero attached hydrogens (tertiary/aromatic N) is 1. The molecule has 1 aromatic rings. The zero-order valence-corrected chi connectivity index (χ0v) is 18.4. The summed E-state index contributed by atoms with van der Waals surface area (Å²) in [6, 6.07) is -0.181. The predicted molar refractivity (Wildman–Crippen MR) is 92.4 cm³/mol. The normalized spacial score (nSPS) is 18.7. The molecule has 2 nitrogen and oxygen atoms in total. The highest BCUT2D eigenvalue weighted by atomic mass is 19.4. The van der Waals surface area contributed by atoms with Crippen molar-refractivity contribution < 1.29 is 83.8 Å². The van der Waals surface area contributed by atoms with E-state index in [0.29, 0.717) is 18.2 Å². The fourth-order valence-corrected chi connectivity index (χ4v) is 3.48. The third kappa shape index (κ3) is 4.26. The van der Waals surface area contributed by atoms with Crippen LogP contribution in [0.4, 0.5) is 84.7 Å². The van der Waals surface area contributed by atoms with E-state index >= 15 is 0 Å². The summed E-state index contributed by atoms with van der Waals surface area (Å²) < 4.78 is 242. The lowest BCUT2D eigenvalue weighted by Gasteiger charge is -2.44. The Kier molecular flexibility index (Phi) is 7.51. The lowest BCUT2D eigenvalue weighted by molar-refractivity contribution is -0.459. The van der Waals surface area contributed by atoms with E-state index in [2.05, 4.69) is 0 Å². The minimum absolute atomic E-state index is 0.247. The summed E-state index contributed by atoms with van der Waals surface area (Å²) in [5, 5.41) is 0. The Balaban J connectivity index is 2.65. The van der Waals surface area contributed by atoms with Crippen molar-refractivity contribution in [2.24, 2.45) is 0 Å². The molecule has 0 spiro atoms. The summed E-state index contributed by atoms with van der Waals surface area (Å²) in [6.07, 6.45) is -8.58. The zero-order chi connectivity index (χ0) is 31.0. The first-order valence-electron chi connectivity index (χ1n) is 9.89. The largest absolute Gasteiger partial charge is 0.460 e. The van der Waals surface area contributed by atoms with Gasteiger partial charge >= 0.3 is 53.5 Å². The number of hydrogen-bond donors (Lipinski definition) is 0. The Hall–Kier alpha value is -2.57. The fourth-order valence-electron chi connectivity index (χ4n) is 3.48. The van der Waals surface area contributed by atoms with E-state index in [1.54, 1.807) is 0 Å². The molecule has 0 bridgehead atoms. The highest BCUT2D eigenvalue weighted by Gasteiger charge is 2.95. The van der Waals surface area contributed by atoms with Crippen molar-refractivity contribution in [3.05, 3.63) is 29.6 Å². The number of rotatable bonds is 7. The van der Waals surface area contributed by atoms with E-state index in [0.717, 1.165) is 6.92 Å². The third-order valence-electron chi connectivity index (χ3n) is 5.78. The van der Waals surface area contributed by atoms with Gasteiger partial charge in [0.1, 0.15) is 5.82 Å². The van der Waals surface area contributed by atoms with Gasteiger partial charge in [-0.15, -0.1) is 0 Å². The highest BCUT2D eigenvalue weighted by molar-refractivity contribution is 6.00. The number of benzene rings is 1. The molecule has 1 unspecified atom stereocenters. The van der Waals surface area contributed by atoms with Gasteiger partial charge in [-0.2, -0.15) is 74.6 Å². The maximum absolute atomic E-state index is 14.5. The monoisotopic (exact) mass is 611 g/mol. The molecule has 39 heavy (non-hydrogen) atoms. The van der Waals surface area contributed by atoms with Gasteiger partial charge in [0.2, 0.25) is 0 Å². The molecule has 0 aliphatic carbocycles. The smallest absolute Gasteiger partial charge is 0.304 e. The van der Waals surface area contributed by atoms with Gasteiger partial charge in [0.25, 0.3) is 0 Å². The van der Waals surface area contributed by atoms with E-state index in [4.69, 9.17) is 0 Å². The molecule has 1 amide bonds. The second-order valence-electron chi connectivity index (χ2n) is 8.35. The van der Waals surface area contributed by atoms with E-state index < -0.39 is 88.0 Å². The molecule has 0 radical (unpaired) electrons. The molecule has 0 saturated carbocycles. The molecule has 1 heterocycles. The van der Waals surface area contributed by atoms with Crippen LogP contribution in [-0.2, 0) is 11.2 Å². The molecule has 0 aromatic heterocycles. The molecule has 1 aliphatic heterocycles. The first-order valence-corrected chi connectivity index (χ1v) is 9.89. The Bertz CT molecular complexity index is 1110. The molecule has 0 N–H and O–H groups in total. The average Bonchev–Trinajstić information content (AvgIpc) is 2.77. The van der Waals surface area contributed by atoms with E-state index in [-0.39, 0.29) is 6.42 Å². The summed E-state index contributed by atoms with van der Waals surface area (Å²) >= 11 is 0. The second-order valence-corrected chi connectivity index (χ2v) is 8.35. The number of aryl methyl sites for hydroxylation is 1. The van der Waals surface area contributed by atoms with Crippen molar-refractivity contribution in [1.82, 2.24) is 0 Å². The molecule has 224 valence electrons. The standard InChI is InChI=1S/C19H11F18NO/c1-7-2-3-8-6-9(20)4-5-10(8)38(7)11(39)12(21,22)13(23,24)14(25,26)15(27,28)16(29,30)17(31,32)18(33,34)19(35,36)37/h4-7H,2-3H2,1H3. The fraction of sp³-hybridized carbons (Fsp3) is 0.632. The van der Waals surface area contributed by atoms with Gasteiger partial charge in [-0.1, -0.05) is 0 Å². The lowest BCUT2D eigenvalue weighted by atomic mass is 9.88. The van der Waals surface area contributed by atoms with E-state index in [9.17, 15) is 83.8 Å². The molecule has 20 heteroatoms. The quantitative estimate of drug-likeness (QED) is 0.293. The van der Waals surface area contributed by atoms with Gasteiger partial charge in [-0.25, -0.2) is 4.39 Å². The number of hydrogen-bond acceptors (Lipinski definition) is 1. The van der Waals surface area contributed by atoms with Gasteiger partial charge < -0.3 is 4.90 Å². The summed E-state index contributed by atoms with van der Waals surface area (Å²) in [5.74, 6) is -63.0. The van der Waals surface area contributed by atoms with Crippen molar-refractivity contribution in [1.29, 1.82) is 0 Å². The van der Waals surface area contributed by atoms with Crippen LogP contribution in [0.25, 0.3) is 0 Å². The predicted octanol–water partition coefficient (Wildman–Crippen LogP) is 7.50. The SMILES string of the molecule is CC1CCc2cc(F)ccc2N1C(=O)C(F)(F)C(F)(F)C(F)(F)C(F)(F)C(F)(F)C(F)(F)C(F)(F)C(F)(F)F. The minimum Gasteiger partial charge on any atom is -0.304 e. The minimum atomic E-state index is -8.78. The van der Waals surface area contributed by atoms with Gasteiger partial charge in [0, 0.05) is 11.7 Å². The molecular weight excluding hydrogens is 600 g/mol. The Morgan fingerprint density at radius 1 is 0.692 bits per heavy atom. The first-order chi connectivity index (χ1) is 17.1. The maximum atomic E-state index is 14.5. The van der Waals surface area contributed by atoms with Crippen molar-refractivity contribution in [3.8, 4) is 0 Å². The van der Waals surface area contributed by atoms with Crippen LogP contribution < -0.4 is 4.90 Å². The number of anilines is 1. The number of amides is 1. The van der Waals surface area contributed by atoms with Crippen LogP contribution in [0.2, 0.25) is 0 Å². The van der Waals surface area contributed by atoms with Gasteiger partial charge in [-0.3, -0.25) is 4.79 Å². The average molecular weight is 611 g/mol. The molecule has 0 fully saturated rings. The van der Waals surface area contributed by atoms with E-state index in [1.165, 1.54) is 0 Å². The molecular formula is C19H11F18NO. The van der Waals surface area contributed by atoms with Crippen LogP contribution in [0.3, 0.4) is 0 Å². The Labute approximate surface area is 204 Å². The van der Waals surface area contributed by atoms with E-state index in [1.807, 2.05) is 0 Å². The second kappa shape index (κ2) is 8.97. The van der Waals surface area contributed by atoms with Gasteiger partial charge in [0.05, 0.1) is 0 Å². The summed E-state index contributed by atoms with van der Waals surface area (Å²) in [7, 11) is 0. The Morgan fingerprint density at radius 2 is 1.10 bits per heavy atom. The highest BCUT2D eigenvalue weighted by Crippen LogP contribution is 2.64. The van der Waals surface area contributed by atoms with Crippen LogP contribution in [0.5, 0.6) is 0 Å². The van der Waals surface area contributed by atoms with Crippen LogP contribution >= 0.6 is 0 Å². The van der Waals surface area contributed by atoms with Gasteiger partial charge in [-0.05, 0) is 43.5 Å². The number of carbonyl (C=O) groups is 1. The summed E-state index contributed by atoms with van der Waals surface area (Å²) in [6.45, 7) is 0.805. The summed E-state index contributed by atoms with van der Waals surface area (Å²) in [5.41, 5.74) is -1.26. The molecule has 1 aliphatic rings. The topological polar surface area (TPSA) is 20.3 Å². The lowest BCUT2D eigenvalue weighted by Crippen LogP contribution is -2.75. The number of carbonyl (C=O) groups excluding carboxylic acids is 1. The van der Waals surface area contributed by atoms with Crippen molar-refractivity contribution in [3.63, 3.8) is 0 Å². The first kappa shape index (κ1) is 32.6. The van der Waals surface area contributed by atoms with Crippen LogP contribution in [0, 0.1) is 5.82 Å².